The van der Waals surface area contributed by atoms with Crippen LogP contribution in [0.4, 0.5) is 11.4 Å². The molecule has 0 amide bonds. The molecule has 2 rings (SSSR count). The highest BCUT2D eigenvalue weighted by molar-refractivity contribution is 5.59. The molecule has 0 spiro atoms. The van der Waals surface area contributed by atoms with E-state index in [1.54, 1.807) is 12.1 Å². The third kappa shape index (κ3) is 3.01. The molecule has 0 aromatic heterocycles. The van der Waals surface area contributed by atoms with Gasteiger partial charge in [-0.25, -0.2) is 0 Å². The van der Waals surface area contributed by atoms with Crippen molar-refractivity contribution >= 4 is 17.7 Å². The molecule has 0 atom stereocenters. The first kappa shape index (κ1) is 13.3. The predicted molar refractivity (Wildman–Crippen MR) is 70.6 cm³/mol. The highest BCUT2D eigenvalue weighted by Gasteiger charge is 2.21. The van der Waals surface area contributed by atoms with Crippen LogP contribution in [0.25, 0.3) is 0 Å². The number of nitro groups is 1. The molecule has 1 aromatic rings. The minimum atomic E-state index is -0.426. The molecular formula is C13H16N2O4. The van der Waals surface area contributed by atoms with E-state index in [-0.39, 0.29) is 11.6 Å². The van der Waals surface area contributed by atoms with Crippen LogP contribution in [-0.4, -0.2) is 31.4 Å². The highest BCUT2D eigenvalue weighted by atomic mass is 16.6. The summed E-state index contributed by atoms with van der Waals surface area (Å²) in [7, 11) is 1.49. The number of methoxy groups -OCH3 is 1. The molecular weight excluding hydrogens is 248 g/mol. The molecule has 1 heterocycles. The normalized spacial score (nSPS) is 16.2. The van der Waals surface area contributed by atoms with E-state index >= 15 is 0 Å². The highest BCUT2D eigenvalue weighted by Crippen LogP contribution is 2.30. The van der Waals surface area contributed by atoms with Crippen LogP contribution in [-0.2, 0) is 4.79 Å². The fraction of sp³-hybridized carbons (Fsp3) is 0.462. The van der Waals surface area contributed by atoms with E-state index in [1.165, 1.54) is 13.2 Å². The second-order valence-electron chi connectivity index (χ2n) is 4.61. The first-order valence-electron chi connectivity index (χ1n) is 6.17. The van der Waals surface area contributed by atoms with Gasteiger partial charge < -0.3 is 14.4 Å². The van der Waals surface area contributed by atoms with Gasteiger partial charge in [-0.1, -0.05) is 0 Å². The zero-order chi connectivity index (χ0) is 13.8. The van der Waals surface area contributed by atoms with Crippen molar-refractivity contribution in [3.63, 3.8) is 0 Å². The van der Waals surface area contributed by atoms with Gasteiger partial charge in [0.1, 0.15) is 12.0 Å². The van der Waals surface area contributed by atoms with Gasteiger partial charge in [-0.2, -0.15) is 0 Å². The Labute approximate surface area is 111 Å². The van der Waals surface area contributed by atoms with Gasteiger partial charge in [-0.15, -0.1) is 0 Å². The van der Waals surface area contributed by atoms with E-state index in [4.69, 9.17) is 4.74 Å². The van der Waals surface area contributed by atoms with Crippen LogP contribution in [0.5, 0.6) is 5.75 Å². The monoisotopic (exact) mass is 264 g/mol. The first-order valence-corrected chi connectivity index (χ1v) is 6.17. The number of hydrogen-bond donors (Lipinski definition) is 0. The number of non-ortho nitro benzene ring substituents is 1. The second kappa shape index (κ2) is 5.69. The number of ether oxygens (including phenoxy) is 1. The van der Waals surface area contributed by atoms with Crippen LogP contribution in [0.3, 0.4) is 0 Å². The van der Waals surface area contributed by atoms with Crippen molar-refractivity contribution < 1.29 is 14.5 Å². The SMILES string of the molecule is COc1cc(N2CCC(C=O)CC2)cc([N+](=O)[O-])c1. The lowest BCUT2D eigenvalue weighted by molar-refractivity contribution is -0.384. The van der Waals surface area contributed by atoms with E-state index < -0.39 is 4.92 Å². The van der Waals surface area contributed by atoms with Crippen LogP contribution in [0.15, 0.2) is 18.2 Å². The van der Waals surface area contributed by atoms with Crippen LogP contribution in [0, 0.1) is 16.0 Å². The van der Waals surface area contributed by atoms with Crippen molar-refractivity contribution in [3.05, 3.63) is 28.3 Å². The van der Waals surface area contributed by atoms with Crippen molar-refractivity contribution in [1.82, 2.24) is 0 Å². The van der Waals surface area contributed by atoms with Crippen LogP contribution in [0.2, 0.25) is 0 Å². The zero-order valence-electron chi connectivity index (χ0n) is 10.7. The number of benzene rings is 1. The standard InChI is InChI=1S/C13H16N2O4/c1-19-13-7-11(6-12(8-13)15(17)18)14-4-2-10(9-16)3-5-14/h6-10H,2-5H2,1H3. The number of hydrogen-bond acceptors (Lipinski definition) is 5. The average molecular weight is 264 g/mol. The summed E-state index contributed by atoms with van der Waals surface area (Å²) < 4.78 is 5.09. The van der Waals surface area contributed by atoms with E-state index in [0.29, 0.717) is 5.75 Å². The number of nitro benzene ring substituents is 1. The third-order valence-corrected chi connectivity index (χ3v) is 3.42. The van der Waals surface area contributed by atoms with Crippen molar-refractivity contribution in [2.24, 2.45) is 5.92 Å². The molecule has 1 fully saturated rings. The van der Waals surface area contributed by atoms with Crippen molar-refractivity contribution in [2.45, 2.75) is 12.8 Å². The molecule has 1 aromatic carbocycles. The number of carbonyl (C=O) groups is 1. The van der Waals surface area contributed by atoms with Crippen molar-refractivity contribution in [1.29, 1.82) is 0 Å². The van der Waals surface area contributed by atoms with Gasteiger partial charge in [0.15, 0.2) is 0 Å². The Morgan fingerprint density at radius 1 is 1.37 bits per heavy atom. The van der Waals surface area contributed by atoms with Gasteiger partial charge in [0, 0.05) is 36.8 Å². The zero-order valence-corrected chi connectivity index (χ0v) is 10.7. The Morgan fingerprint density at radius 2 is 2.05 bits per heavy atom. The van der Waals surface area contributed by atoms with Gasteiger partial charge in [0.05, 0.1) is 18.1 Å². The minimum absolute atomic E-state index is 0.0202. The molecule has 0 unspecified atom stereocenters. The largest absolute Gasteiger partial charge is 0.496 e. The van der Waals surface area contributed by atoms with E-state index in [9.17, 15) is 14.9 Å². The van der Waals surface area contributed by atoms with Gasteiger partial charge in [-0.3, -0.25) is 10.1 Å². The lowest BCUT2D eigenvalue weighted by atomic mass is 9.98. The summed E-state index contributed by atoms with van der Waals surface area (Å²) in [5.41, 5.74) is 0.794. The number of nitrogens with zero attached hydrogens (tertiary/aromatic N) is 2. The average Bonchev–Trinajstić information content (AvgIpc) is 2.46. The summed E-state index contributed by atoms with van der Waals surface area (Å²) in [4.78, 5) is 23.2. The summed E-state index contributed by atoms with van der Waals surface area (Å²) in [5.74, 6) is 0.582. The summed E-state index contributed by atoms with van der Waals surface area (Å²) in [6, 6.07) is 4.74. The van der Waals surface area contributed by atoms with Crippen LogP contribution >= 0.6 is 0 Å². The topological polar surface area (TPSA) is 72.7 Å². The van der Waals surface area contributed by atoms with Crippen LogP contribution in [0.1, 0.15) is 12.8 Å². The second-order valence-corrected chi connectivity index (χ2v) is 4.61. The summed E-state index contributed by atoms with van der Waals surface area (Å²) in [5, 5.41) is 10.9. The smallest absolute Gasteiger partial charge is 0.275 e. The van der Waals surface area contributed by atoms with Gasteiger partial charge >= 0.3 is 0 Å². The van der Waals surface area contributed by atoms with E-state index in [0.717, 1.165) is 37.9 Å². The molecule has 1 saturated heterocycles. The predicted octanol–water partition coefficient (Wildman–Crippen LogP) is 2.02. The third-order valence-electron chi connectivity index (χ3n) is 3.42. The maximum Gasteiger partial charge on any atom is 0.275 e. The number of anilines is 1. The number of aldehydes is 1. The molecule has 6 heteroatoms. The number of carbonyl (C=O) groups excluding carboxylic acids is 1. The number of piperidine rings is 1. The molecule has 0 bridgehead atoms. The quantitative estimate of drug-likeness (QED) is 0.472. The Hall–Kier alpha value is -2.11. The van der Waals surface area contributed by atoms with Crippen molar-refractivity contribution in [3.8, 4) is 5.75 Å². The lowest BCUT2D eigenvalue weighted by Gasteiger charge is -2.31. The van der Waals surface area contributed by atoms with Crippen molar-refractivity contribution in [2.75, 3.05) is 25.1 Å². The lowest BCUT2D eigenvalue weighted by Crippen LogP contribution is -2.34. The molecule has 102 valence electrons. The Balaban J connectivity index is 2.22. The maximum absolute atomic E-state index is 10.9. The Morgan fingerprint density at radius 3 is 2.58 bits per heavy atom. The van der Waals surface area contributed by atoms with Gasteiger partial charge in [0.25, 0.3) is 5.69 Å². The summed E-state index contributed by atoms with van der Waals surface area (Å²) >= 11 is 0. The molecule has 1 aliphatic heterocycles. The summed E-state index contributed by atoms with van der Waals surface area (Å²) in [6.07, 6.45) is 2.56. The van der Waals surface area contributed by atoms with E-state index in [2.05, 4.69) is 4.90 Å². The molecule has 6 nitrogen and oxygen atoms in total. The van der Waals surface area contributed by atoms with Gasteiger partial charge in [0.2, 0.25) is 0 Å². The Kier molecular flexibility index (Phi) is 3.99. The first-order chi connectivity index (χ1) is 9.13. The molecule has 19 heavy (non-hydrogen) atoms. The minimum Gasteiger partial charge on any atom is -0.496 e. The van der Waals surface area contributed by atoms with Gasteiger partial charge in [-0.05, 0) is 12.8 Å². The molecule has 1 aliphatic rings. The molecule has 0 radical (unpaired) electrons. The van der Waals surface area contributed by atoms with E-state index in [1.807, 2.05) is 0 Å². The van der Waals surface area contributed by atoms with Crippen LogP contribution < -0.4 is 9.64 Å². The molecule has 0 saturated carbocycles. The molecule has 0 N–H and O–H groups in total. The fourth-order valence-electron chi connectivity index (χ4n) is 2.27. The Bertz CT molecular complexity index is 482. The number of rotatable bonds is 4. The summed E-state index contributed by atoms with van der Waals surface area (Å²) in [6.45, 7) is 1.46. The fourth-order valence-corrected chi connectivity index (χ4v) is 2.27. The molecule has 0 aliphatic carbocycles. The maximum atomic E-state index is 10.9.